The Hall–Kier alpha value is -4.22. The second-order valence-electron chi connectivity index (χ2n) is 12.4. The predicted molar refractivity (Wildman–Crippen MR) is 190 cm³/mol. The summed E-state index contributed by atoms with van der Waals surface area (Å²) in [5.41, 5.74) is 6.02. The molecule has 0 unspecified atom stereocenters. The summed E-state index contributed by atoms with van der Waals surface area (Å²) in [6, 6.07) is 15.8. The van der Waals surface area contributed by atoms with Crippen LogP contribution in [0.3, 0.4) is 0 Å². The van der Waals surface area contributed by atoms with Crippen LogP contribution >= 0.6 is 23.2 Å². The molecule has 2 aliphatic rings. The summed E-state index contributed by atoms with van der Waals surface area (Å²) in [7, 11) is 4.74. The van der Waals surface area contributed by atoms with Gasteiger partial charge in [0, 0.05) is 67.3 Å². The largest absolute Gasteiger partial charge is 0.481 e. The number of hydrogen-bond acceptors (Lipinski definition) is 8. The third kappa shape index (κ3) is 5.66. The molecule has 0 radical (unpaired) electrons. The summed E-state index contributed by atoms with van der Waals surface area (Å²) >= 11 is 14.2. The first-order valence-electron chi connectivity index (χ1n) is 16.0. The van der Waals surface area contributed by atoms with Crippen molar-refractivity contribution < 1.29 is 9.47 Å². The van der Waals surface area contributed by atoms with Crippen LogP contribution in [0.15, 0.2) is 58.1 Å². The van der Waals surface area contributed by atoms with Gasteiger partial charge in [0.1, 0.15) is 11.2 Å². The van der Waals surface area contributed by atoms with E-state index in [9.17, 15) is 9.59 Å². The normalized spacial score (nSPS) is 16.3. The zero-order valence-electron chi connectivity index (χ0n) is 27.2. The molecule has 0 spiro atoms. The van der Waals surface area contributed by atoms with Crippen LogP contribution in [-0.2, 0) is 25.3 Å². The number of nitrogens with one attached hydrogen (secondary N) is 2. The van der Waals surface area contributed by atoms with Gasteiger partial charge in [0.2, 0.25) is 5.88 Å². The average Bonchev–Trinajstić information content (AvgIpc) is 3.49. The lowest BCUT2D eigenvalue weighted by molar-refractivity contribution is 0.0748. The molecule has 1 fully saturated rings. The van der Waals surface area contributed by atoms with Crippen LogP contribution in [-0.4, -0.2) is 45.5 Å². The Balaban J connectivity index is 1.25. The highest BCUT2D eigenvalue weighted by Gasteiger charge is 2.31. The van der Waals surface area contributed by atoms with Crippen molar-refractivity contribution in [3.63, 3.8) is 0 Å². The van der Waals surface area contributed by atoms with Crippen molar-refractivity contribution in [2.75, 3.05) is 25.6 Å². The Labute approximate surface area is 287 Å². The lowest BCUT2D eigenvalue weighted by Crippen LogP contribution is -2.37. The fraction of sp³-hybridized carbons (Fsp3) is 0.333. The molecule has 12 heteroatoms. The van der Waals surface area contributed by atoms with Gasteiger partial charge in [-0.2, -0.15) is 0 Å². The van der Waals surface area contributed by atoms with Crippen LogP contribution in [0.25, 0.3) is 33.3 Å². The number of anilines is 2. The standard InChI is InChI=1S/C36H36Cl2N6O4/c1-19-17-28-30(35(45)44(3)36(46)43(28)2)33(39-19)41-26-10-6-8-23(32(26)38)22-7-5-9-24(31(22)37)27-18-20-11-12-25(29(20)34(42-27)47-4)40-21-13-15-48-16-14-21/h5-10,17-18,21,25,40H,11-16H2,1-4H3,(H,39,41)/t25-/m0/s1. The Kier molecular flexibility index (Phi) is 8.76. The van der Waals surface area contributed by atoms with Gasteiger partial charge >= 0.3 is 5.69 Å². The second kappa shape index (κ2) is 13.0. The number of benzene rings is 2. The van der Waals surface area contributed by atoms with E-state index < -0.39 is 11.2 Å². The van der Waals surface area contributed by atoms with Gasteiger partial charge in [-0.25, -0.2) is 14.8 Å². The molecular weight excluding hydrogens is 651 g/mol. The zero-order chi connectivity index (χ0) is 33.7. The molecule has 10 nitrogen and oxygen atoms in total. The van der Waals surface area contributed by atoms with Gasteiger partial charge in [-0.3, -0.25) is 13.9 Å². The topological polar surface area (TPSA) is 112 Å². The van der Waals surface area contributed by atoms with Crippen LogP contribution in [0.1, 0.15) is 42.1 Å². The number of rotatable bonds is 7. The maximum atomic E-state index is 13.2. The van der Waals surface area contributed by atoms with E-state index in [1.54, 1.807) is 27.1 Å². The molecule has 1 aliphatic heterocycles. The van der Waals surface area contributed by atoms with Gasteiger partial charge in [-0.15, -0.1) is 0 Å². The van der Waals surface area contributed by atoms with Crippen molar-refractivity contribution in [2.45, 2.75) is 44.7 Å². The molecule has 4 heterocycles. The van der Waals surface area contributed by atoms with Crippen LogP contribution in [0, 0.1) is 6.92 Å². The summed E-state index contributed by atoms with van der Waals surface area (Å²) < 4.78 is 13.9. The van der Waals surface area contributed by atoms with E-state index >= 15 is 0 Å². The first-order valence-corrected chi connectivity index (χ1v) is 16.8. The highest BCUT2D eigenvalue weighted by Crippen LogP contribution is 2.44. The van der Waals surface area contributed by atoms with E-state index in [1.807, 2.05) is 36.4 Å². The van der Waals surface area contributed by atoms with E-state index in [4.69, 9.17) is 37.7 Å². The highest BCUT2D eigenvalue weighted by atomic mass is 35.5. The van der Waals surface area contributed by atoms with Gasteiger partial charge in [0.15, 0.2) is 0 Å². The molecule has 2 N–H and O–H groups in total. The molecular formula is C36H36Cl2N6O4. The van der Waals surface area contributed by atoms with E-state index in [0.29, 0.717) is 50.2 Å². The SMILES string of the molecule is COc1nc(-c2cccc(-c3cccc(Nc4nc(C)cc5c4c(=O)n(C)c(=O)n5C)c3Cl)c2Cl)cc2c1[C@@H](NC1CCOCC1)CC2. The molecule has 2 aromatic carbocycles. The smallest absolute Gasteiger partial charge is 0.330 e. The molecule has 0 saturated carbocycles. The fourth-order valence-electron chi connectivity index (χ4n) is 6.92. The Morgan fingerprint density at radius 2 is 1.62 bits per heavy atom. The molecule has 248 valence electrons. The highest BCUT2D eigenvalue weighted by molar-refractivity contribution is 6.39. The predicted octanol–water partition coefficient (Wildman–Crippen LogP) is 6.48. The Morgan fingerprint density at radius 1 is 0.917 bits per heavy atom. The molecule has 5 aromatic rings. The van der Waals surface area contributed by atoms with E-state index in [1.165, 1.54) is 17.2 Å². The average molecular weight is 688 g/mol. The summed E-state index contributed by atoms with van der Waals surface area (Å²) in [5, 5.41) is 8.27. The minimum absolute atomic E-state index is 0.181. The first-order chi connectivity index (χ1) is 23.2. The third-order valence-corrected chi connectivity index (χ3v) is 10.2. The summed E-state index contributed by atoms with van der Waals surface area (Å²) in [6.45, 7) is 3.37. The fourth-order valence-corrected chi connectivity index (χ4v) is 7.52. The number of nitrogens with zero attached hydrogens (tertiary/aromatic N) is 4. The van der Waals surface area contributed by atoms with Gasteiger partial charge < -0.3 is 20.1 Å². The number of fused-ring (bicyclic) bond motifs is 2. The minimum atomic E-state index is -0.450. The van der Waals surface area contributed by atoms with Crippen molar-refractivity contribution in [3.05, 3.63) is 96.2 Å². The van der Waals surface area contributed by atoms with Crippen molar-refractivity contribution >= 4 is 45.6 Å². The van der Waals surface area contributed by atoms with Crippen molar-refractivity contribution in [3.8, 4) is 28.3 Å². The summed E-state index contributed by atoms with van der Waals surface area (Å²) in [5.74, 6) is 0.913. The molecule has 1 aliphatic carbocycles. The summed E-state index contributed by atoms with van der Waals surface area (Å²) in [6.07, 6.45) is 3.89. The van der Waals surface area contributed by atoms with Crippen LogP contribution in [0.2, 0.25) is 10.0 Å². The Bertz CT molecular complexity index is 2190. The van der Waals surface area contributed by atoms with E-state index in [2.05, 4.69) is 21.7 Å². The van der Waals surface area contributed by atoms with Crippen molar-refractivity contribution in [2.24, 2.45) is 14.1 Å². The first kappa shape index (κ1) is 32.3. The van der Waals surface area contributed by atoms with Crippen molar-refractivity contribution in [1.29, 1.82) is 0 Å². The number of aryl methyl sites for hydroxylation is 3. The van der Waals surface area contributed by atoms with Gasteiger partial charge in [-0.05, 0) is 56.4 Å². The zero-order valence-corrected chi connectivity index (χ0v) is 28.7. The number of ether oxygens (including phenoxy) is 2. The number of methoxy groups -OCH3 is 1. The molecule has 1 atom stereocenters. The number of aromatic nitrogens is 4. The molecule has 3 aromatic heterocycles. The number of halogens is 2. The molecule has 7 rings (SSSR count). The molecule has 0 bridgehead atoms. The quantitative estimate of drug-likeness (QED) is 0.200. The van der Waals surface area contributed by atoms with Gasteiger partial charge in [-0.1, -0.05) is 53.5 Å². The monoisotopic (exact) mass is 686 g/mol. The second-order valence-corrected chi connectivity index (χ2v) is 13.2. The lowest BCUT2D eigenvalue weighted by atomic mass is 9.99. The minimum Gasteiger partial charge on any atom is -0.481 e. The van der Waals surface area contributed by atoms with E-state index in [0.717, 1.165) is 65.8 Å². The number of pyridine rings is 2. The van der Waals surface area contributed by atoms with Crippen molar-refractivity contribution in [1.82, 2.24) is 24.4 Å². The summed E-state index contributed by atoms with van der Waals surface area (Å²) in [4.78, 5) is 35.4. The molecule has 1 saturated heterocycles. The van der Waals surface area contributed by atoms with Crippen LogP contribution in [0.4, 0.5) is 11.5 Å². The third-order valence-electron chi connectivity index (χ3n) is 9.41. The maximum absolute atomic E-state index is 13.2. The van der Waals surface area contributed by atoms with E-state index in [-0.39, 0.29) is 11.4 Å². The van der Waals surface area contributed by atoms with Gasteiger partial charge in [0.25, 0.3) is 5.56 Å². The maximum Gasteiger partial charge on any atom is 0.330 e. The molecule has 0 amide bonds. The number of hydrogen-bond donors (Lipinski definition) is 2. The van der Waals surface area contributed by atoms with Crippen LogP contribution < -0.4 is 26.6 Å². The van der Waals surface area contributed by atoms with Crippen LogP contribution in [0.5, 0.6) is 5.88 Å². The molecule has 48 heavy (non-hydrogen) atoms. The Morgan fingerprint density at radius 3 is 2.38 bits per heavy atom. The lowest BCUT2D eigenvalue weighted by Gasteiger charge is -2.27. The van der Waals surface area contributed by atoms with Gasteiger partial charge in [0.05, 0.1) is 34.1 Å².